The molecule has 6 rings (SSSR count). The summed E-state index contributed by atoms with van der Waals surface area (Å²) >= 11 is 0. The first-order valence-corrected chi connectivity index (χ1v) is 29.6. The molecule has 5 heterocycles. The highest BCUT2D eigenvalue weighted by atomic mass is 16.7. The zero-order valence-corrected chi connectivity index (χ0v) is 51.6. The Morgan fingerprint density at radius 2 is 1.21 bits per heavy atom. The zero-order chi connectivity index (χ0) is 63.4. The van der Waals surface area contributed by atoms with Gasteiger partial charge >= 0.3 is 5.97 Å². The molecule has 0 aromatic rings. The summed E-state index contributed by atoms with van der Waals surface area (Å²) in [5, 5.41) is 96.3. The van der Waals surface area contributed by atoms with Gasteiger partial charge in [0.15, 0.2) is 25.2 Å². The van der Waals surface area contributed by atoms with Gasteiger partial charge < -0.3 is 132 Å². The minimum Gasteiger partial charge on any atom is -0.459 e. The number of aliphatic hydroxyl groups is 9. The number of ether oxygens (including phenoxy) is 11. The van der Waals surface area contributed by atoms with Gasteiger partial charge in [-0.15, -0.1) is 0 Å². The average Bonchev–Trinajstić information content (AvgIpc) is 3.52. The van der Waals surface area contributed by atoms with Crippen LogP contribution in [0.1, 0.15) is 108 Å². The normalized spacial score (nSPS) is 50.4. The summed E-state index contributed by atoms with van der Waals surface area (Å²) in [6.07, 6.45) is -19.5. The molecule has 0 spiro atoms. The SMILES string of the molecule is CC[C@H]1OC(=O)[C@H](C)[C@@H](O[C@H]2C[C@@](C)(OC)[C@@H](O)[C@H](C)O2)[C@H](C)[C@@H](O[C@@H]2O[C@H](C)C[C@H](N(C)C)[C@H]2O)[C@](C)(OC)C[C@@H](C)C(=O)[C@H](C)[C@@H](O)[C@]1(C)O.NC[C@H]1O[C@H](O[C@H]2[C@H](O)[C@@H](O[C@H]3O[C@H](CO)[C@@H](O)[C@H](N)[C@H]3O)[C@H](N)C[C@@H]2N)[C@H](N)C[C@@H]1O. The molecule has 0 unspecified atom stereocenters. The topological polar surface area (TPSA) is 451 Å². The van der Waals surface area contributed by atoms with Crippen molar-refractivity contribution in [2.45, 2.75) is 278 Å². The number of likely N-dealkylation sites (N-methyl/N-ethyl adjacent to an activating group) is 1. The van der Waals surface area contributed by atoms with E-state index in [9.17, 15) is 55.5 Å². The van der Waals surface area contributed by atoms with Crippen LogP contribution in [0.2, 0.25) is 0 Å². The number of carbonyl (C=O) groups is 2. The van der Waals surface area contributed by atoms with Gasteiger partial charge in [-0.2, -0.15) is 0 Å². The van der Waals surface area contributed by atoms with Crippen LogP contribution in [-0.2, 0) is 61.7 Å². The lowest BCUT2D eigenvalue weighted by molar-refractivity contribution is -0.319. The Kier molecular flexibility index (Phi) is 26.3. The van der Waals surface area contributed by atoms with Crippen molar-refractivity contribution in [1.29, 1.82) is 0 Å². The Morgan fingerprint density at radius 3 is 1.76 bits per heavy atom. The van der Waals surface area contributed by atoms with Gasteiger partial charge in [-0.1, -0.05) is 27.7 Å². The van der Waals surface area contributed by atoms with E-state index in [0.29, 0.717) is 6.42 Å². The minimum absolute atomic E-state index is 0.0542. The lowest BCUT2D eigenvalue weighted by Gasteiger charge is -2.50. The summed E-state index contributed by atoms with van der Waals surface area (Å²) in [4.78, 5) is 30.1. The van der Waals surface area contributed by atoms with E-state index < -0.39 is 194 Å². The van der Waals surface area contributed by atoms with Gasteiger partial charge in [0, 0.05) is 63.1 Å². The molecule has 32 atom stereocenters. The molecule has 19 N–H and O–H groups in total. The third kappa shape index (κ3) is 16.2. The molecule has 0 radical (unpaired) electrons. The zero-order valence-electron chi connectivity index (χ0n) is 51.6. The second-order valence-corrected chi connectivity index (χ2v) is 25.4. The summed E-state index contributed by atoms with van der Waals surface area (Å²) in [5.74, 6) is -4.47. The highest BCUT2D eigenvalue weighted by molar-refractivity contribution is 5.83. The molecular formula is C56H106N6O22. The second kappa shape index (κ2) is 30.3. The summed E-state index contributed by atoms with van der Waals surface area (Å²) in [6, 6.07) is -3.55. The molecule has 1 aliphatic carbocycles. The molecular weight excluding hydrogens is 1110 g/mol. The van der Waals surface area contributed by atoms with E-state index in [1.165, 1.54) is 21.1 Å². The summed E-state index contributed by atoms with van der Waals surface area (Å²) < 4.78 is 66.6. The molecule has 5 aliphatic heterocycles. The van der Waals surface area contributed by atoms with Crippen LogP contribution in [0.3, 0.4) is 0 Å². The van der Waals surface area contributed by atoms with Crippen molar-refractivity contribution in [3.8, 4) is 0 Å². The molecule has 6 aliphatic rings. The smallest absolute Gasteiger partial charge is 0.311 e. The summed E-state index contributed by atoms with van der Waals surface area (Å²) in [7, 11) is 6.77. The van der Waals surface area contributed by atoms with Crippen LogP contribution in [-0.4, -0.2) is 274 Å². The Bertz CT molecular complexity index is 2060. The van der Waals surface area contributed by atoms with Gasteiger partial charge in [-0.3, -0.25) is 9.59 Å². The van der Waals surface area contributed by atoms with E-state index in [1.54, 1.807) is 48.5 Å². The number of esters is 1. The fourth-order valence-corrected chi connectivity index (χ4v) is 13.0. The predicted molar refractivity (Wildman–Crippen MR) is 299 cm³/mol. The van der Waals surface area contributed by atoms with Crippen LogP contribution >= 0.6 is 0 Å². The van der Waals surface area contributed by atoms with Crippen LogP contribution in [0.25, 0.3) is 0 Å². The van der Waals surface area contributed by atoms with Crippen molar-refractivity contribution in [3.05, 3.63) is 0 Å². The highest BCUT2D eigenvalue weighted by Crippen LogP contribution is 2.42. The average molecular weight is 1220 g/mol. The van der Waals surface area contributed by atoms with Gasteiger partial charge in [0.25, 0.3) is 0 Å². The van der Waals surface area contributed by atoms with E-state index in [1.807, 2.05) is 32.8 Å². The summed E-state index contributed by atoms with van der Waals surface area (Å²) in [6.45, 7) is 16.6. The number of methoxy groups -OCH3 is 2. The third-order valence-corrected chi connectivity index (χ3v) is 18.7. The number of Topliss-reactive ketones (excluding diaryl/α,β-unsaturated/α-hetero) is 1. The maximum atomic E-state index is 14.2. The molecule has 0 aromatic heterocycles. The fourth-order valence-electron chi connectivity index (χ4n) is 13.0. The quantitative estimate of drug-likeness (QED) is 0.0740. The van der Waals surface area contributed by atoms with Crippen LogP contribution in [0, 0.1) is 23.7 Å². The molecule has 0 amide bonds. The van der Waals surface area contributed by atoms with E-state index in [4.69, 9.17) is 80.8 Å². The number of rotatable bonds is 14. The van der Waals surface area contributed by atoms with Crippen molar-refractivity contribution in [1.82, 2.24) is 4.90 Å². The van der Waals surface area contributed by atoms with Gasteiger partial charge in [0.2, 0.25) is 0 Å². The van der Waals surface area contributed by atoms with E-state index in [0.717, 1.165) is 0 Å². The van der Waals surface area contributed by atoms with Gasteiger partial charge in [0.1, 0.15) is 66.3 Å². The molecule has 1 saturated carbocycles. The van der Waals surface area contributed by atoms with Gasteiger partial charge in [0.05, 0.1) is 78.5 Å². The van der Waals surface area contributed by atoms with Crippen LogP contribution < -0.4 is 28.7 Å². The van der Waals surface area contributed by atoms with Crippen molar-refractivity contribution in [3.63, 3.8) is 0 Å². The molecule has 28 heteroatoms. The number of nitrogens with zero attached hydrogens (tertiary/aromatic N) is 1. The van der Waals surface area contributed by atoms with Crippen LogP contribution in [0.5, 0.6) is 0 Å². The number of cyclic esters (lactones) is 1. The molecule has 492 valence electrons. The third-order valence-electron chi connectivity index (χ3n) is 18.7. The maximum Gasteiger partial charge on any atom is 0.311 e. The number of carbonyl (C=O) groups excluding carboxylic acids is 2. The molecule has 6 fully saturated rings. The molecule has 84 heavy (non-hydrogen) atoms. The largest absolute Gasteiger partial charge is 0.459 e. The Balaban J connectivity index is 0.000000343. The molecule has 0 bridgehead atoms. The Hall–Kier alpha value is -1.86. The van der Waals surface area contributed by atoms with Gasteiger partial charge in [-0.05, 0) is 87.7 Å². The number of hydrogen-bond acceptors (Lipinski definition) is 28. The van der Waals surface area contributed by atoms with Crippen LogP contribution in [0.4, 0.5) is 0 Å². The summed E-state index contributed by atoms with van der Waals surface area (Å²) in [5.41, 5.74) is 25.5. The monoisotopic (exact) mass is 1210 g/mol. The van der Waals surface area contributed by atoms with Crippen molar-refractivity contribution < 1.29 is 108 Å². The Labute approximate surface area is 494 Å². The lowest BCUT2D eigenvalue weighted by Crippen LogP contribution is -2.68. The highest BCUT2D eigenvalue weighted by Gasteiger charge is 2.55. The second-order valence-electron chi connectivity index (χ2n) is 25.4. The van der Waals surface area contributed by atoms with E-state index in [-0.39, 0.29) is 56.6 Å². The number of hydrogen-bond donors (Lipinski definition) is 14. The first-order valence-electron chi connectivity index (χ1n) is 29.6. The van der Waals surface area contributed by atoms with Crippen molar-refractivity contribution >= 4 is 11.8 Å². The van der Waals surface area contributed by atoms with Crippen LogP contribution in [0.15, 0.2) is 0 Å². The minimum atomic E-state index is -1.96. The first kappa shape index (κ1) is 72.9. The first-order chi connectivity index (χ1) is 39.1. The number of ketones is 1. The van der Waals surface area contributed by atoms with Gasteiger partial charge in [-0.25, -0.2) is 0 Å². The van der Waals surface area contributed by atoms with Crippen molar-refractivity contribution in [2.24, 2.45) is 52.3 Å². The van der Waals surface area contributed by atoms with Crippen molar-refractivity contribution in [2.75, 3.05) is 41.5 Å². The molecule has 28 nitrogen and oxygen atoms in total. The van der Waals surface area contributed by atoms with E-state index >= 15 is 0 Å². The fraction of sp³-hybridized carbons (Fsp3) is 0.964. The standard InChI is InChI=1S/C38H69NO13.C18H37N5O9/c1-15-26-38(10,45)31(42)21(4)28(40)19(2)17-37(9,47-14)33(52-35-29(41)25(39(11)12)16-20(3)48-35)22(5)30(23(6)34(44)50-26)51-27-18-36(8,46-13)32(43)24(7)49-27;19-3-9-8(25)2-7(22)17(29-9)31-15-5(20)1-6(21)16(14(15)28)32-18-13(27)11(23)12(26)10(4-24)30-18/h19-27,29-33,35,41-43,45H,15-18H2,1-14H3;5-18,24-28H,1-4,19-23H2/t19-,20-,21+,22+,23-,24+,25+,26-,27+,29-,30+,31-,32+,33-,35+,36-,37-,38-;5-,6+,7+,8-,9+,10+,11-,12+,13+,14-,15+,16-,17+,18+/m10/s1. The number of aliphatic hydroxyl groups excluding tert-OH is 8. The Morgan fingerprint density at radius 1 is 0.643 bits per heavy atom. The molecule has 0 aromatic carbocycles. The number of nitrogens with two attached hydrogens (primary N) is 5. The lowest BCUT2D eigenvalue weighted by atomic mass is 9.74. The molecule has 5 saturated heterocycles. The maximum absolute atomic E-state index is 14.2. The predicted octanol–water partition coefficient (Wildman–Crippen LogP) is -3.86. The van der Waals surface area contributed by atoms with E-state index in [2.05, 4.69) is 0 Å².